The van der Waals surface area contributed by atoms with Crippen LogP contribution in [0.4, 0.5) is 5.82 Å². The quantitative estimate of drug-likeness (QED) is 0.728. The molecule has 0 bridgehead atoms. The maximum atomic E-state index is 12.0. The van der Waals surface area contributed by atoms with Gasteiger partial charge in [0.15, 0.2) is 5.82 Å². The predicted octanol–water partition coefficient (Wildman–Crippen LogP) is 3.77. The van der Waals surface area contributed by atoms with Crippen molar-refractivity contribution < 1.29 is 9.53 Å². The second-order valence-corrected chi connectivity index (χ2v) is 8.52. The number of hydrogen-bond donors (Lipinski definition) is 1. The Morgan fingerprint density at radius 3 is 2.61 bits per heavy atom. The molecule has 1 aromatic heterocycles. The van der Waals surface area contributed by atoms with Gasteiger partial charge in [-0.25, -0.2) is 9.97 Å². The van der Waals surface area contributed by atoms with Crippen LogP contribution in [-0.4, -0.2) is 53.4 Å². The van der Waals surface area contributed by atoms with E-state index in [0.717, 1.165) is 49.0 Å². The molecule has 2 aromatic rings. The number of rotatable bonds is 7. The highest BCUT2D eigenvalue weighted by atomic mass is 16.5. The summed E-state index contributed by atoms with van der Waals surface area (Å²) in [7, 11) is 5.69. The summed E-state index contributed by atoms with van der Waals surface area (Å²) in [5.74, 6) is 2.54. The van der Waals surface area contributed by atoms with Crippen molar-refractivity contribution in [2.75, 3.05) is 33.1 Å². The van der Waals surface area contributed by atoms with Gasteiger partial charge in [0, 0.05) is 39.7 Å². The zero-order valence-corrected chi connectivity index (χ0v) is 19.9. The molecule has 7 heteroatoms. The topological polar surface area (TPSA) is 70.6 Å². The highest BCUT2D eigenvalue weighted by molar-refractivity contribution is 5.74. The van der Waals surface area contributed by atoms with Crippen LogP contribution >= 0.6 is 0 Å². The molecule has 0 saturated carbocycles. The summed E-state index contributed by atoms with van der Waals surface area (Å²) in [5, 5.41) is 3.15. The monoisotopic (exact) mass is 425 g/mol. The molecule has 1 aliphatic rings. The lowest BCUT2D eigenvalue weighted by Gasteiger charge is -2.24. The fourth-order valence-electron chi connectivity index (χ4n) is 4.44. The number of carbonyl (C=O) groups excluding carboxylic acids is 1. The third-order valence-electron chi connectivity index (χ3n) is 6.30. The molecule has 0 radical (unpaired) electrons. The molecular formula is C24H35N5O2. The Hall–Kier alpha value is -2.67. The molecule has 1 aromatic carbocycles. The Balaban J connectivity index is 1.83. The van der Waals surface area contributed by atoms with E-state index in [1.54, 1.807) is 14.0 Å². The summed E-state index contributed by atoms with van der Waals surface area (Å²) in [6.45, 7) is 10.3. The van der Waals surface area contributed by atoms with Crippen LogP contribution in [0.25, 0.3) is 0 Å². The zero-order valence-electron chi connectivity index (χ0n) is 19.9. The van der Waals surface area contributed by atoms with E-state index in [2.05, 4.69) is 49.1 Å². The molecule has 7 nitrogen and oxygen atoms in total. The predicted molar refractivity (Wildman–Crippen MR) is 123 cm³/mol. The number of benzene rings is 1. The molecule has 2 heterocycles. The molecule has 3 rings (SSSR count). The van der Waals surface area contributed by atoms with Crippen molar-refractivity contribution in [1.82, 2.24) is 19.8 Å². The number of ether oxygens (including phenoxy) is 1. The number of aromatic nitrogens is 2. The Morgan fingerprint density at radius 1 is 1.23 bits per heavy atom. The lowest BCUT2D eigenvalue weighted by atomic mass is 9.97. The van der Waals surface area contributed by atoms with Crippen molar-refractivity contribution in [3.8, 4) is 5.75 Å². The average molecular weight is 426 g/mol. The lowest BCUT2D eigenvalue weighted by molar-refractivity contribution is -0.129. The van der Waals surface area contributed by atoms with Crippen LogP contribution in [0.3, 0.4) is 0 Å². The van der Waals surface area contributed by atoms with Crippen molar-refractivity contribution in [2.24, 2.45) is 0 Å². The number of anilines is 1. The van der Waals surface area contributed by atoms with E-state index < -0.39 is 0 Å². The van der Waals surface area contributed by atoms with Gasteiger partial charge in [0.25, 0.3) is 0 Å². The van der Waals surface area contributed by atoms with Gasteiger partial charge in [0.2, 0.25) is 5.91 Å². The molecule has 31 heavy (non-hydrogen) atoms. The molecule has 1 amide bonds. The Kier molecular flexibility index (Phi) is 7.15. The number of methoxy groups -OCH3 is 1. The molecule has 0 spiro atoms. The van der Waals surface area contributed by atoms with Gasteiger partial charge in [-0.15, -0.1) is 0 Å². The number of amides is 1. The highest BCUT2D eigenvalue weighted by Crippen LogP contribution is 2.31. The van der Waals surface area contributed by atoms with Gasteiger partial charge in [-0.1, -0.05) is 0 Å². The summed E-state index contributed by atoms with van der Waals surface area (Å²) in [6, 6.07) is 4.07. The first kappa shape index (κ1) is 23.0. The molecule has 1 unspecified atom stereocenters. The summed E-state index contributed by atoms with van der Waals surface area (Å²) in [5.41, 5.74) is 5.96. The first-order valence-electron chi connectivity index (χ1n) is 10.9. The van der Waals surface area contributed by atoms with Gasteiger partial charge >= 0.3 is 0 Å². The molecule has 1 aliphatic heterocycles. The Morgan fingerprint density at radius 2 is 1.97 bits per heavy atom. The van der Waals surface area contributed by atoms with Gasteiger partial charge in [-0.05, 0) is 69.0 Å². The van der Waals surface area contributed by atoms with E-state index >= 15 is 0 Å². The summed E-state index contributed by atoms with van der Waals surface area (Å²) < 4.78 is 5.51. The standard InChI is InChI=1S/C24H35N5O2/c1-15-11-22(31-7)17(3)16(2)20(15)14-28(6)13-19-12-23(25-5)27-24(26-19)21-9-8-10-29(21)18(4)30/h11-12,21H,8-10,13-14H2,1-7H3,(H,25,26,27). The number of nitrogens with one attached hydrogen (secondary N) is 1. The third kappa shape index (κ3) is 4.98. The number of aryl methyl sites for hydroxylation is 1. The second-order valence-electron chi connectivity index (χ2n) is 8.52. The zero-order chi connectivity index (χ0) is 22.7. The fourth-order valence-corrected chi connectivity index (χ4v) is 4.44. The van der Waals surface area contributed by atoms with Crippen molar-refractivity contribution in [1.29, 1.82) is 0 Å². The van der Waals surface area contributed by atoms with E-state index in [4.69, 9.17) is 9.72 Å². The number of carbonyl (C=O) groups is 1. The minimum atomic E-state index is -0.0383. The molecule has 168 valence electrons. The number of hydrogen-bond acceptors (Lipinski definition) is 6. The number of likely N-dealkylation sites (tertiary alicyclic amines) is 1. The van der Waals surface area contributed by atoms with E-state index in [9.17, 15) is 4.79 Å². The maximum Gasteiger partial charge on any atom is 0.220 e. The third-order valence-corrected chi connectivity index (χ3v) is 6.30. The smallest absolute Gasteiger partial charge is 0.220 e. The van der Waals surface area contributed by atoms with E-state index in [0.29, 0.717) is 6.54 Å². The molecule has 1 saturated heterocycles. The SMILES string of the molecule is CNc1cc(CN(C)Cc2c(C)cc(OC)c(C)c2C)nc(C2CCCN2C(C)=O)n1. The van der Waals surface area contributed by atoms with Gasteiger partial charge < -0.3 is 15.0 Å². The lowest BCUT2D eigenvalue weighted by Crippen LogP contribution is -2.29. The van der Waals surface area contributed by atoms with Crippen molar-refractivity contribution in [3.63, 3.8) is 0 Å². The fraction of sp³-hybridized carbons (Fsp3) is 0.542. The van der Waals surface area contributed by atoms with Gasteiger partial charge in [-0.3, -0.25) is 9.69 Å². The van der Waals surface area contributed by atoms with Crippen LogP contribution in [0.15, 0.2) is 12.1 Å². The van der Waals surface area contributed by atoms with Gasteiger partial charge in [0.05, 0.1) is 18.8 Å². The summed E-state index contributed by atoms with van der Waals surface area (Å²) in [6.07, 6.45) is 1.90. The first-order chi connectivity index (χ1) is 14.7. The highest BCUT2D eigenvalue weighted by Gasteiger charge is 2.30. The minimum absolute atomic E-state index is 0.0383. The van der Waals surface area contributed by atoms with Crippen molar-refractivity contribution in [3.05, 3.63) is 45.9 Å². The Labute approximate surface area is 185 Å². The van der Waals surface area contributed by atoms with Gasteiger partial charge in [-0.2, -0.15) is 0 Å². The molecule has 0 aliphatic carbocycles. The van der Waals surface area contributed by atoms with Crippen LogP contribution in [0.5, 0.6) is 5.75 Å². The van der Waals surface area contributed by atoms with Crippen molar-refractivity contribution >= 4 is 11.7 Å². The first-order valence-corrected chi connectivity index (χ1v) is 10.9. The summed E-state index contributed by atoms with van der Waals surface area (Å²) in [4.78, 5) is 25.7. The van der Waals surface area contributed by atoms with Crippen molar-refractivity contribution in [2.45, 2.75) is 59.7 Å². The maximum absolute atomic E-state index is 12.0. The second kappa shape index (κ2) is 9.64. The van der Waals surface area contributed by atoms with Crippen LogP contribution in [0.2, 0.25) is 0 Å². The molecule has 1 atom stereocenters. The van der Waals surface area contributed by atoms with Gasteiger partial charge in [0.1, 0.15) is 11.6 Å². The van der Waals surface area contributed by atoms with Crippen LogP contribution in [-0.2, 0) is 17.9 Å². The van der Waals surface area contributed by atoms with Crippen LogP contribution in [0.1, 0.15) is 59.6 Å². The largest absolute Gasteiger partial charge is 0.496 e. The van der Waals surface area contributed by atoms with E-state index in [1.807, 2.05) is 18.0 Å². The summed E-state index contributed by atoms with van der Waals surface area (Å²) >= 11 is 0. The molecule has 1 fully saturated rings. The van der Waals surface area contributed by atoms with E-state index in [-0.39, 0.29) is 11.9 Å². The normalized spacial score (nSPS) is 16.1. The Bertz CT molecular complexity index is 959. The van der Waals surface area contributed by atoms with E-state index in [1.165, 1.54) is 22.3 Å². The van der Waals surface area contributed by atoms with Crippen LogP contribution in [0, 0.1) is 20.8 Å². The minimum Gasteiger partial charge on any atom is -0.496 e. The number of nitrogens with zero attached hydrogens (tertiary/aromatic N) is 4. The molecule has 1 N–H and O–H groups in total. The molecular weight excluding hydrogens is 390 g/mol. The average Bonchev–Trinajstić information content (AvgIpc) is 3.24. The van der Waals surface area contributed by atoms with Crippen LogP contribution < -0.4 is 10.1 Å².